The molecule has 4 aromatic carbocycles. The van der Waals surface area contributed by atoms with Crippen molar-refractivity contribution >= 4 is 50.7 Å². The van der Waals surface area contributed by atoms with Crippen LogP contribution >= 0.6 is 23.2 Å². The smallest absolute Gasteiger partial charge is 0.264 e. The molecular formula is C35H37Cl2N3O4S. The number of halogens is 2. The zero-order valence-corrected chi connectivity index (χ0v) is 27.8. The van der Waals surface area contributed by atoms with E-state index in [1.54, 1.807) is 24.3 Å². The Morgan fingerprint density at radius 1 is 0.867 bits per heavy atom. The van der Waals surface area contributed by atoms with E-state index in [-0.39, 0.29) is 45.5 Å². The number of amides is 2. The molecule has 0 radical (unpaired) electrons. The van der Waals surface area contributed by atoms with E-state index in [0.717, 1.165) is 21.0 Å². The maximum Gasteiger partial charge on any atom is 0.264 e. The summed E-state index contributed by atoms with van der Waals surface area (Å²) in [6.07, 6.45) is 0.927. The molecule has 1 N–H and O–H groups in total. The summed E-state index contributed by atoms with van der Waals surface area (Å²) in [6.45, 7) is 5.26. The lowest BCUT2D eigenvalue weighted by Crippen LogP contribution is -2.54. The third-order valence-corrected chi connectivity index (χ3v) is 9.99. The van der Waals surface area contributed by atoms with E-state index in [2.05, 4.69) is 5.32 Å². The summed E-state index contributed by atoms with van der Waals surface area (Å²) in [6, 6.07) is 28.2. The highest BCUT2D eigenvalue weighted by Crippen LogP contribution is 2.33. The molecule has 0 aliphatic carbocycles. The van der Waals surface area contributed by atoms with Gasteiger partial charge in [0.15, 0.2) is 0 Å². The van der Waals surface area contributed by atoms with Crippen LogP contribution in [0.4, 0.5) is 5.69 Å². The van der Waals surface area contributed by atoms with Crippen molar-refractivity contribution in [1.29, 1.82) is 0 Å². The molecule has 0 spiro atoms. The summed E-state index contributed by atoms with van der Waals surface area (Å²) >= 11 is 12.8. The molecule has 4 aromatic rings. The van der Waals surface area contributed by atoms with Crippen molar-refractivity contribution in [2.24, 2.45) is 0 Å². The van der Waals surface area contributed by atoms with Gasteiger partial charge in [0.25, 0.3) is 10.0 Å². The number of rotatable bonds is 13. The Balaban J connectivity index is 1.84. The van der Waals surface area contributed by atoms with E-state index in [1.165, 1.54) is 29.2 Å². The molecule has 0 unspecified atom stereocenters. The monoisotopic (exact) mass is 665 g/mol. The fraction of sp³-hybridized carbons (Fsp3) is 0.257. The highest BCUT2D eigenvalue weighted by molar-refractivity contribution is 7.92. The number of hydrogen-bond donors (Lipinski definition) is 1. The zero-order chi connectivity index (χ0) is 32.6. The van der Waals surface area contributed by atoms with Crippen molar-refractivity contribution < 1.29 is 18.0 Å². The van der Waals surface area contributed by atoms with E-state index in [4.69, 9.17) is 23.2 Å². The number of benzene rings is 4. The number of carbonyl (C=O) groups excluding carboxylic acids is 2. The molecule has 0 aromatic heterocycles. The van der Waals surface area contributed by atoms with Crippen molar-refractivity contribution in [3.8, 4) is 0 Å². The number of carbonyl (C=O) groups is 2. The molecule has 2 atom stereocenters. The molecule has 0 saturated heterocycles. The molecule has 0 fully saturated rings. The zero-order valence-electron chi connectivity index (χ0n) is 25.5. The van der Waals surface area contributed by atoms with Crippen LogP contribution in [-0.2, 0) is 32.6 Å². The predicted molar refractivity (Wildman–Crippen MR) is 181 cm³/mol. The predicted octanol–water partition coefficient (Wildman–Crippen LogP) is 7.05. The van der Waals surface area contributed by atoms with Gasteiger partial charge in [-0.1, -0.05) is 103 Å². The van der Waals surface area contributed by atoms with Crippen LogP contribution in [0.2, 0.25) is 10.0 Å². The molecule has 0 heterocycles. The molecule has 45 heavy (non-hydrogen) atoms. The van der Waals surface area contributed by atoms with E-state index in [9.17, 15) is 18.0 Å². The minimum absolute atomic E-state index is 0.0188. The lowest BCUT2D eigenvalue weighted by molar-refractivity contribution is -0.140. The number of aryl methyl sites for hydroxylation is 1. The molecule has 4 rings (SSSR count). The molecule has 0 bridgehead atoms. The topological polar surface area (TPSA) is 86.8 Å². The van der Waals surface area contributed by atoms with Crippen LogP contribution in [0.5, 0.6) is 0 Å². The first-order chi connectivity index (χ1) is 21.5. The van der Waals surface area contributed by atoms with Gasteiger partial charge in [-0.25, -0.2) is 8.42 Å². The number of hydrogen-bond acceptors (Lipinski definition) is 4. The van der Waals surface area contributed by atoms with E-state index >= 15 is 0 Å². The van der Waals surface area contributed by atoms with Gasteiger partial charge in [-0.3, -0.25) is 13.9 Å². The highest BCUT2D eigenvalue weighted by Gasteiger charge is 2.35. The summed E-state index contributed by atoms with van der Waals surface area (Å²) in [4.78, 5) is 30.0. The third-order valence-electron chi connectivity index (χ3n) is 7.66. The fourth-order valence-corrected chi connectivity index (χ4v) is 6.76. The van der Waals surface area contributed by atoms with Gasteiger partial charge in [0.05, 0.1) is 15.6 Å². The first kappa shape index (κ1) is 34.0. The van der Waals surface area contributed by atoms with Gasteiger partial charge in [-0.15, -0.1) is 0 Å². The summed E-state index contributed by atoms with van der Waals surface area (Å²) in [5, 5.41) is 3.40. The molecular weight excluding hydrogens is 629 g/mol. The van der Waals surface area contributed by atoms with E-state index in [0.29, 0.717) is 6.42 Å². The van der Waals surface area contributed by atoms with E-state index < -0.39 is 28.5 Å². The first-order valence-corrected chi connectivity index (χ1v) is 16.9. The molecule has 7 nitrogen and oxygen atoms in total. The quantitative estimate of drug-likeness (QED) is 0.166. The van der Waals surface area contributed by atoms with Gasteiger partial charge in [0, 0.05) is 24.0 Å². The van der Waals surface area contributed by atoms with Gasteiger partial charge in [0.1, 0.15) is 12.6 Å². The van der Waals surface area contributed by atoms with Gasteiger partial charge in [-0.2, -0.15) is 0 Å². The Morgan fingerprint density at radius 3 is 2.13 bits per heavy atom. The van der Waals surface area contributed by atoms with Crippen LogP contribution in [0, 0.1) is 6.92 Å². The maximum absolute atomic E-state index is 14.6. The largest absolute Gasteiger partial charge is 0.352 e. The molecule has 0 saturated carbocycles. The second kappa shape index (κ2) is 15.4. The molecule has 0 aliphatic heterocycles. The Labute approximate surface area is 275 Å². The third kappa shape index (κ3) is 8.66. The van der Waals surface area contributed by atoms with Gasteiger partial charge < -0.3 is 10.2 Å². The van der Waals surface area contributed by atoms with Crippen molar-refractivity contribution in [3.63, 3.8) is 0 Å². The number of nitrogens with one attached hydrogen (secondary N) is 1. The molecule has 0 aliphatic rings. The first-order valence-electron chi connectivity index (χ1n) is 14.7. The number of nitrogens with zero attached hydrogens (tertiary/aromatic N) is 2. The summed E-state index contributed by atoms with van der Waals surface area (Å²) in [7, 11) is -4.29. The normalized spacial score (nSPS) is 12.6. The average molecular weight is 667 g/mol. The maximum atomic E-state index is 14.6. The summed E-state index contributed by atoms with van der Waals surface area (Å²) < 4.78 is 29.2. The highest BCUT2D eigenvalue weighted by atomic mass is 35.5. The Morgan fingerprint density at radius 2 is 1.49 bits per heavy atom. The average Bonchev–Trinajstić information content (AvgIpc) is 3.04. The second-order valence-corrected chi connectivity index (χ2v) is 13.6. The van der Waals surface area contributed by atoms with Crippen molar-refractivity contribution in [3.05, 3.63) is 130 Å². The van der Waals surface area contributed by atoms with Crippen molar-refractivity contribution in [1.82, 2.24) is 10.2 Å². The lowest BCUT2D eigenvalue weighted by Gasteiger charge is -2.34. The van der Waals surface area contributed by atoms with Gasteiger partial charge in [-0.05, 0) is 67.3 Å². The van der Waals surface area contributed by atoms with Crippen LogP contribution in [0.15, 0.2) is 108 Å². The SMILES string of the molecule is CC[C@H](C)NC(=O)[C@@H](Cc1ccccc1)N(Cc1ccccc1C)C(=O)CN(c1cc(Cl)ccc1Cl)S(=O)(=O)c1ccccc1. The van der Waals surface area contributed by atoms with Crippen LogP contribution in [0.3, 0.4) is 0 Å². The summed E-state index contributed by atoms with van der Waals surface area (Å²) in [5.41, 5.74) is 2.68. The van der Waals surface area contributed by atoms with Crippen LogP contribution in [0.1, 0.15) is 37.0 Å². The van der Waals surface area contributed by atoms with Crippen molar-refractivity contribution in [2.45, 2.75) is 57.1 Å². The second-order valence-electron chi connectivity index (χ2n) is 10.9. The standard InChI is InChI=1S/C35H37Cl2N3O4S/c1-4-26(3)38-35(42)33(21-27-14-7-5-8-15-27)39(23-28-16-12-11-13-25(28)2)34(41)24-40(32-22-29(36)19-20-31(32)37)45(43,44)30-17-9-6-10-18-30/h5-20,22,26,33H,4,21,23-24H2,1-3H3,(H,38,42)/t26-,33+/m0/s1. The Kier molecular flexibility index (Phi) is 11.7. The Bertz CT molecular complexity index is 1720. The van der Waals surface area contributed by atoms with Crippen molar-refractivity contribution in [2.75, 3.05) is 10.8 Å². The molecule has 2 amide bonds. The minimum Gasteiger partial charge on any atom is -0.352 e. The number of anilines is 1. The van der Waals surface area contributed by atoms with Crippen LogP contribution in [-0.4, -0.2) is 43.8 Å². The lowest BCUT2D eigenvalue weighted by atomic mass is 10.0. The molecule has 236 valence electrons. The molecule has 10 heteroatoms. The Hall–Kier alpha value is -3.85. The van der Waals surface area contributed by atoms with Gasteiger partial charge in [0.2, 0.25) is 11.8 Å². The van der Waals surface area contributed by atoms with Crippen LogP contribution in [0.25, 0.3) is 0 Å². The van der Waals surface area contributed by atoms with Gasteiger partial charge >= 0.3 is 0 Å². The minimum atomic E-state index is -4.29. The van der Waals surface area contributed by atoms with E-state index in [1.807, 2.05) is 75.4 Å². The number of sulfonamides is 1. The summed E-state index contributed by atoms with van der Waals surface area (Å²) in [5.74, 6) is -0.901. The fourth-order valence-electron chi connectivity index (χ4n) is 4.88. The van der Waals surface area contributed by atoms with Crippen LogP contribution < -0.4 is 9.62 Å².